The molecule has 1 aliphatic rings. The fourth-order valence-electron chi connectivity index (χ4n) is 3.26. The van der Waals surface area contributed by atoms with E-state index >= 15 is 0 Å². The fourth-order valence-corrected chi connectivity index (χ4v) is 4.44. The molecule has 0 saturated carbocycles. The Morgan fingerprint density at radius 3 is 2.91 bits per heavy atom. The molecule has 1 fully saturated rings. The lowest BCUT2D eigenvalue weighted by molar-refractivity contribution is -0.125. The molecule has 4 nitrogen and oxygen atoms in total. The van der Waals surface area contributed by atoms with Crippen LogP contribution in [-0.4, -0.2) is 30.0 Å². The van der Waals surface area contributed by atoms with Gasteiger partial charge in [-0.25, -0.2) is 4.98 Å². The Morgan fingerprint density at radius 2 is 2.17 bits per heavy atom. The van der Waals surface area contributed by atoms with Crippen LogP contribution in [0.5, 0.6) is 0 Å². The second kappa shape index (κ2) is 6.48. The van der Waals surface area contributed by atoms with E-state index in [0.717, 1.165) is 36.6 Å². The van der Waals surface area contributed by atoms with Crippen molar-refractivity contribution < 1.29 is 4.79 Å². The molecule has 0 spiro atoms. The number of amides is 1. The number of rotatable bonds is 3. The zero-order chi connectivity index (χ0) is 16.6. The Bertz CT molecular complexity index is 722. The number of carbonyl (C=O) groups is 1. The van der Waals surface area contributed by atoms with E-state index in [1.54, 1.807) is 11.3 Å². The van der Waals surface area contributed by atoms with Crippen molar-refractivity contribution in [2.75, 3.05) is 18.0 Å². The summed E-state index contributed by atoms with van der Waals surface area (Å²) in [6.45, 7) is 10.0. The zero-order valence-corrected chi connectivity index (χ0v) is 15.2. The van der Waals surface area contributed by atoms with Gasteiger partial charge in [-0.05, 0) is 57.7 Å². The van der Waals surface area contributed by atoms with Gasteiger partial charge in [0.2, 0.25) is 5.91 Å². The van der Waals surface area contributed by atoms with Crippen LogP contribution in [0.25, 0.3) is 10.2 Å². The van der Waals surface area contributed by atoms with Gasteiger partial charge in [0.15, 0.2) is 5.13 Å². The van der Waals surface area contributed by atoms with Crippen LogP contribution >= 0.6 is 11.3 Å². The molecule has 23 heavy (non-hydrogen) atoms. The maximum atomic E-state index is 12.3. The second-order valence-corrected chi connectivity index (χ2v) is 7.88. The average Bonchev–Trinajstić information content (AvgIpc) is 2.91. The highest BCUT2D eigenvalue weighted by Crippen LogP contribution is 2.33. The normalized spacial score (nSPS) is 18.7. The molecule has 124 valence electrons. The van der Waals surface area contributed by atoms with E-state index in [4.69, 9.17) is 4.98 Å². The predicted molar refractivity (Wildman–Crippen MR) is 97.3 cm³/mol. The lowest BCUT2D eigenvalue weighted by Crippen LogP contribution is -2.44. The SMILES string of the molecule is Cc1cc(C)c2nc(N3CCCC(C(=O)NC(C)C)C3)sc2c1. The van der Waals surface area contributed by atoms with Gasteiger partial charge in [-0.3, -0.25) is 4.79 Å². The molecule has 2 aromatic rings. The molecule has 2 heterocycles. The van der Waals surface area contributed by atoms with Crippen LogP contribution in [-0.2, 0) is 4.79 Å². The van der Waals surface area contributed by atoms with Crippen molar-refractivity contribution in [3.05, 3.63) is 23.3 Å². The number of hydrogen-bond acceptors (Lipinski definition) is 4. The number of thiazole rings is 1. The average molecular weight is 331 g/mol. The zero-order valence-electron chi connectivity index (χ0n) is 14.3. The molecular formula is C18H25N3OS. The summed E-state index contributed by atoms with van der Waals surface area (Å²) in [5, 5.41) is 4.10. The molecule has 1 aromatic carbocycles. The number of nitrogens with zero attached hydrogens (tertiary/aromatic N) is 2. The van der Waals surface area contributed by atoms with Gasteiger partial charge in [-0.1, -0.05) is 17.4 Å². The molecule has 1 aromatic heterocycles. The topological polar surface area (TPSA) is 45.2 Å². The van der Waals surface area contributed by atoms with Crippen LogP contribution in [0.1, 0.15) is 37.8 Å². The highest BCUT2D eigenvalue weighted by molar-refractivity contribution is 7.22. The Hall–Kier alpha value is -1.62. The van der Waals surface area contributed by atoms with Crippen molar-refractivity contribution in [1.82, 2.24) is 10.3 Å². The minimum atomic E-state index is 0.0704. The number of carbonyl (C=O) groups excluding carboxylic acids is 1. The molecule has 1 unspecified atom stereocenters. The standard InChI is InChI=1S/C18H25N3OS/c1-11(2)19-17(22)14-6-5-7-21(10-14)18-20-16-13(4)8-12(3)9-15(16)23-18/h8-9,11,14H,5-7,10H2,1-4H3,(H,19,22). The van der Waals surface area contributed by atoms with Crippen LogP contribution in [0.2, 0.25) is 0 Å². The van der Waals surface area contributed by atoms with Crippen molar-refractivity contribution in [3.63, 3.8) is 0 Å². The molecule has 1 aliphatic heterocycles. The Balaban J connectivity index is 1.81. The maximum Gasteiger partial charge on any atom is 0.225 e. The van der Waals surface area contributed by atoms with Gasteiger partial charge in [0.05, 0.1) is 16.1 Å². The molecule has 0 bridgehead atoms. The number of hydrogen-bond donors (Lipinski definition) is 1. The molecule has 0 radical (unpaired) electrons. The van der Waals surface area contributed by atoms with E-state index in [0.29, 0.717) is 0 Å². The first-order chi connectivity index (χ1) is 10.9. The summed E-state index contributed by atoms with van der Waals surface area (Å²) in [4.78, 5) is 19.4. The first kappa shape index (κ1) is 16.2. The van der Waals surface area contributed by atoms with Gasteiger partial charge in [0, 0.05) is 19.1 Å². The van der Waals surface area contributed by atoms with Crippen molar-refractivity contribution in [2.45, 2.75) is 46.6 Å². The Labute approximate surface area is 141 Å². The molecule has 0 aliphatic carbocycles. The molecular weight excluding hydrogens is 306 g/mol. The van der Waals surface area contributed by atoms with E-state index in [1.807, 2.05) is 13.8 Å². The van der Waals surface area contributed by atoms with Crippen LogP contribution in [0, 0.1) is 19.8 Å². The van der Waals surface area contributed by atoms with E-state index in [9.17, 15) is 4.79 Å². The minimum Gasteiger partial charge on any atom is -0.354 e. The van der Waals surface area contributed by atoms with E-state index < -0.39 is 0 Å². The number of fused-ring (bicyclic) bond motifs is 1. The third-order valence-electron chi connectivity index (χ3n) is 4.31. The van der Waals surface area contributed by atoms with Gasteiger partial charge in [0.25, 0.3) is 0 Å². The monoisotopic (exact) mass is 331 g/mol. The van der Waals surface area contributed by atoms with Crippen LogP contribution < -0.4 is 10.2 Å². The number of aryl methyl sites for hydroxylation is 2. The number of piperidine rings is 1. The third kappa shape index (κ3) is 3.50. The number of anilines is 1. The predicted octanol–water partition coefficient (Wildman–Crippen LogP) is 3.65. The van der Waals surface area contributed by atoms with Gasteiger partial charge in [0.1, 0.15) is 0 Å². The smallest absolute Gasteiger partial charge is 0.225 e. The Morgan fingerprint density at radius 1 is 1.39 bits per heavy atom. The summed E-state index contributed by atoms with van der Waals surface area (Å²) in [6, 6.07) is 4.59. The molecule has 1 N–H and O–H groups in total. The number of aromatic nitrogens is 1. The first-order valence-corrected chi connectivity index (χ1v) is 9.19. The molecule has 1 saturated heterocycles. The summed E-state index contributed by atoms with van der Waals surface area (Å²) >= 11 is 1.74. The van der Waals surface area contributed by atoms with E-state index in [-0.39, 0.29) is 17.9 Å². The lowest BCUT2D eigenvalue weighted by atomic mass is 9.97. The molecule has 3 rings (SSSR count). The number of nitrogens with one attached hydrogen (secondary N) is 1. The molecule has 1 amide bonds. The first-order valence-electron chi connectivity index (χ1n) is 8.37. The van der Waals surface area contributed by atoms with Crippen LogP contribution in [0.4, 0.5) is 5.13 Å². The summed E-state index contributed by atoms with van der Waals surface area (Å²) in [6.07, 6.45) is 2.02. The van der Waals surface area contributed by atoms with Crippen molar-refractivity contribution in [1.29, 1.82) is 0 Å². The minimum absolute atomic E-state index is 0.0704. The summed E-state index contributed by atoms with van der Waals surface area (Å²) in [5.74, 6) is 0.249. The second-order valence-electron chi connectivity index (χ2n) is 6.87. The van der Waals surface area contributed by atoms with Gasteiger partial charge in [-0.15, -0.1) is 0 Å². The highest BCUT2D eigenvalue weighted by Gasteiger charge is 2.27. The van der Waals surface area contributed by atoms with Crippen LogP contribution in [0.3, 0.4) is 0 Å². The fraction of sp³-hybridized carbons (Fsp3) is 0.556. The quantitative estimate of drug-likeness (QED) is 0.933. The van der Waals surface area contributed by atoms with Crippen molar-refractivity contribution in [3.8, 4) is 0 Å². The largest absolute Gasteiger partial charge is 0.354 e. The summed E-state index contributed by atoms with van der Waals surface area (Å²) in [7, 11) is 0. The summed E-state index contributed by atoms with van der Waals surface area (Å²) in [5.41, 5.74) is 3.61. The summed E-state index contributed by atoms with van der Waals surface area (Å²) < 4.78 is 1.24. The third-order valence-corrected chi connectivity index (χ3v) is 5.38. The van der Waals surface area contributed by atoms with Crippen molar-refractivity contribution in [2.24, 2.45) is 5.92 Å². The number of benzene rings is 1. The van der Waals surface area contributed by atoms with E-state index in [1.165, 1.54) is 15.8 Å². The van der Waals surface area contributed by atoms with Crippen molar-refractivity contribution >= 4 is 32.6 Å². The van der Waals surface area contributed by atoms with Gasteiger partial charge < -0.3 is 10.2 Å². The van der Waals surface area contributed by atoms with Gasteiger partial charge >= 0.3 is 0 Å². The lowest BCUT2D eigenvalue weighted by Gasteiger charge is -2.32. The molecule has 1 atom stereocenters. The van der Waals surface area contributed by atoms with E-state index in [2.05, 4.69) is 36.2 Å². The highest BCUT2D eigenvalue weighted by atomic mass is 32.1. The molecule has 5 heteroatoms. The Kier molecular flexibility index (Phi) is 4.57. The van der Waals surface area contributed by atoms with Gasteiger partial charge in [-0.2, -0.15) is 0 Å². The maximum absolute atomic E-state index is 12.3. The van der Waals surface area contributed by atoms with Crippen LogP contribution in [0.15, 0.2) is 12.1 Å².